The number of rotatable bonds is 7. The van der Waals surface area contributed by atoms with E-state index in [1.54, 1.807) is 0 Å². The number of nitriles is 2. The molecule has 0 atom stereocenters. The van der Waals surface area contributed by atoms with Crippen LogP contribution in [0.3, 0.4) is 0 Å². The molecule has 0 aromatic carbocycles. The highest BCUT2D eigenvalue weighted by Crippen LogP contribution is 2.22. The molecule has 0 unspecified atom stereocenters. The van der Waals surface area contributed by atoms with Gasteiger partial charge >= 0.3 is 0 Å². The predicted molar refractivity (Wildman–Crippen MR) is 75.2 cm³/mol. The molecule has 0 N–H and O–H groups in total. The lowest BCUT2D eigenvalue weighted by molar-refractivity contribution is 0.667. The summed E-state index contributed by atoms with van der Waals surface area (Å²) in [7, 11) is -1.31. The molecule has 0 aromatic rings. The Morgan fingerprint density at radius 2 is 1.53 bits per heavy atom. The Hall–Kier alpha value is -1.06. The zero-order chi connectivity index (χ0) is 13.3. The van der Waals surface area contributed by atoms with Crippen molar-refractivity contribution >= 4 is 8.07 Å². The van der Waals surface area contributed by atoms with Crippen molar-refractivity contribution in [3.63, 3.8) is 0 Å². The predicted octanol–water partition coefficient (Wildman–Crippen LogP) is 4.64. The fraction of sp³-hybridized carbons (Fsp3) is 0.714. The van der Waals surface area contributed by atoms with Crippen molar-refractivity contribution in [1.29, 1.82) is 10.5 Å². The molecule has 0 spiro atoms. The van der Waals surface area contributed by atoms with Crippen LogP contribution in [-0.4, -0.2) is 8.07 Å². The normalized spacial score (nSPS) is 12.6. The van der Waals surface area contributed by atoms with Gasteiger partial charge in [0.05, 0.1) is 12.1 Å². The first-order valence-electron chi connectivity index (χ1n) is 6.46. The van der Waals surface area contributed by atoms with Crippen molar-refractivity contribution in [3.8, 4) is 12.1 Å². The smallest absolute Gasteiger partial charge is 0.0957 e. The van der Waals surface area contributed by atoms with Crippen LogP contribution in [0.15, 0.2) is 11.1 Å². The largest absolute Gasteiger partial charge is 0.193 e. The minimum Gasteiger partial charge on any atom is -0.193 e. The van der Waals surface area contributed by atoms with Gasteiger partial charge in [0.1, 0.15) is 0 Å². The van der Waals surface area contributed by atoms with Gasteiger partial charge in [-0.25, -0.2) is 0 Å². The van der Waals surface area contributed by atoms with Crippen LogP contribution in [0.1, 0.15) is 39.0 Å². The second kappa shape index (κ2) is 8.09. The van der Waals surface area contributed by atoms with Crippen LogP contribution < -0.4 is 0 Å². The zero-order valence-electron chi connectivity index (χ0n) is 11.6. The first kappa shape index (κ1) is 15.9. The van der Waals surface area contributed by atoms with E-state index < -0.39 is 8.07 Å². The van der Waals surface area contributed by atoms with E-state index in [0.717, 1.165) is 36.5 Å². The number of nitrogens with zero attached hydrogens (tertiary/aromatic N) is 2. The van der Waals surface area contributed by atoms with Crippen LogP contribution in [0.2, 0.25) is 25.7 Å². The van der Waals surface area contributed by atoms with Crippen molar-refractivity contribution < 1.29 is 0 Å². The molecule has 0 amide bonds. The summed E-state index contributed by atoms with van der Waals surface area (Å²) in [6.07, 6.45) is 5.39. The summed E-state index contributed by atoms with van der Waals surface area (Å²) < 4.78 is 0. The zero-order valence-corrected chi connectivity index (χ0v) is 12.6. The lowest BCUT2D eigenvalue weighted by Crippen LogP contribution is -2.20. The Morgan fingerprint density at radius 3 is 1.94 bits per heavy atom. The van der Waals surface area contributed by atoms with Crippen LogP contribution >= 0.6 is 0 Å². The van der Waals surface area contributed by atoms with E-state index in [1.807, 2.05) is 0 Å². The van der Waals surface area contributed by atoms with Crippen LogP contribution in [0.5, 0.6) is 0 Å². The molecule has 0 aliphatic carbocycles. The Labute approximate surface area is 107 Å². The summed E-state index contributed by atoms with van der Waals surface area (Å²) in [5.41, 5.74) is 1.47. The average molecular weight is 248 g/mol. The van der Waals surface area contributed by atoms with Crippen molar-refractivity contribution in [2.45, 2.75) is 64.7 Å². The maximum absolute atomic E-state index is 9.16. The molecule has 94 valence electrons. The Kier molecular flexibility index (Phi) is 7.58. The third-order valence-electron chi connectivity index (χ3n) is 2.62. The van der Waals surface area contributed by atoms with Crippen LogP contribution in [0.25, 0.3) is 0 Å². The average Bonchev–Trinajstić information content (AvgIpc) is 2.25. The molecule has 2 nitrogen and oxygen atoms in total. The quantitative estimate of drug-likeness (QED) is 0.374. The molecular formula is C14H24N2Si. The van der Waals surface area contributed by atoms with E-state index in [2.05, 4.69) is 38.7 Å². The summed E-state index contributed by atoms with van der Waals surface area (Å²) in [6.45, 7) is 8.87. The topological polar surface area (TPSA) is 47.6 Å². The lowest BCUT2D eigenvalue weighted by Gasteiger charge is -2.15. The SMILES string of the molecule is CCCCCC/C(C#N)=C(\C#N)C[Si](C)(C)C. The minimum atomic E-state index is -1.31. The van der Waals surface area contributed by atoms with Gasteiger partial charge < -0.3 is 0 Å². The van der Waals surface area contributed by atoms with Crippen molar-refractivity contribution in [2.75, 3.05) is 0 Å². The van der Waals surface area contributed by atoms with E-state index in [9.17, 15) is 0 Å². The van der Waals surface area contributed by atoms with E-state index in [-0.39, 0.29) is 0 Å². The molecule has 0 aliphatic rings. The number of hydrogen-bond acceptors (Lipinski definition) is 2. The molecule has 0 aliphatic heterocycles. The molecule has 0 saturated carbocycles. The van der Waals surface area contributed by atoms with E-state index in [0.29, 0.717) is 0 Å². The number of allylic oxidation sites excluding steroid dienone is 2. The number of hydrogen-bond donors (Lipinski definition) is 0. The van der Waals surface area contributed by atoms with Gasteiger partial charge in [-0.15, -0.1) is 0 Å². The van der Waals surface area contributed by atoms with E-state index >= 15 is 0 Å². The molecule has 0 rings (SSSR count). The van der Waals surface area contributed by atoms with Crippen LogP contribution in [0, 0.1) is 22.7 Å². The highest BCUT2D eigenvalue weighted by molar-refractivity contribution is 6.76. The first-order valence-corrected chi connectivity index (χ1v) is 10.2. The van der Waals surface area contributed by atoms with Crippen LogP contribution in [-0.2, 0) is 0 Å². The molecule has 0 saturated heterocycles. The minimum absolute atomic E-state index is 0.728. The molecule has 0 heterocycles. The molecule has 0 radical (unpaired) electrons. The van der Waals surface area contributed by atoms with Gasteiger partial charge in [-0.2, -0.15) is 10.5 Å². The maximum Gasteiger partial charge on any atom is 0.0957 e. The van der Waals surface area contributed by atoms with Crippen molar-refractivity contribution in [1.82, 2.24) is 0 Å². The van der Waals surface area contributed by atoms with Crippen molar-refractivity contribution in [3.05, 3.63) is 11.1 Å². The van der Waals surface area contributed by atoms with E-state index in [4.69, 9.17) is 10.5 Å². The van der Waals surface area contributed by atoms with E-state index in [1.165, 1.54) is 12.8 Å². The Morgan fingerprint density at radius 1 is 0.941 bits per heavy atom. The number of unbranched alkanes of at least 4 members (excludes halogenated alkanes) is 3. The van der Waals surface area contributed by atoms with Gasteiger partial charge in [0, 0.05) is 19.2 Å². The van der Waals surface area contributed by atoms with Gasteiger partial charge in [-0.1, -0.05) is 45.8 Å². The fourth-order valence-electron chi connectivity index (χ4n) is 1.75. The summed E-state index contributed by atoms with van der Waals surface area (Å²) in [6, 6.07) is 5.31. The highest BCUT2D eigenvalue weighted by atomic mass is 28.3. The van der Waals surface area contributed by atoms with Gasteiger partial charge in [-0.05, 0) is 18.9 Å². The second-order valence-corrected chi connectivity index (χ2v) is 11.2. The molecular weight excluding hydrogens is 224 g/mol. The summed E-state index contributed by atoms with van der Waals surface area (Å²) in [5, 5.41) is 18.3. The van der Waals surface area contributed by atoms with Crippen molar-refractivity contribution in [2.24, 2.45) is 0 Å². The third-order valence-corrected chi connectivity index (χ3v) is 4.04. The molecule has 0 bridgehead atoms. The van der Waals surface area contributed by atoms with Crippen LogP contribution in [0.4, 0.5) is 0 Å². The molecule has 0 fully saturated rings. The fourth-order valence-corrected chi connectivity index (χ4v) is 3.10. The monoisotopic (exact) mass is 248 g/mol. The molecule has 0 aromatic heterocycles. The summed E-state index contributed by atoms with van der Waals surface area (Å²) in [5.74, 6) is 0. The highest BCUT2D eigenvalue weighted by Gasteiger charge is 2.18. The summed E-state index contributed by atoms with van der Waals surface area (Å²) in [4.78, 5) is 0. The second-order valence-electron chi connectivity index (χ2n) is 5.73. The Balaban J connectivity index is 4.56. The van der Waals surface area contributed by atoms with Gasteiger partial charge in [0.25, 0.3) is 0 Å². The Bertz CT molecular complexity index is 337. The standard InChI is InChI=1S/C14H24N2Si/c1-5-6-7-8-9-13(10-15)14(11-16)12-17(2,3)4/h5-9,12H2,1-4H3/b14-13-. The first-order chi connectivity index (χ1) is 7.94. The molecule has 17 heavy (non-hydrogen) atoms. The van der Waals surface area contributed by atoms with Gasteiger partial charge in [0.15, 0.2) is 0 Å². The molecule has 3 heteroatoms. The lowest BCUT2D eigenvalue weighted by atomic mass is 10.0. The maximum atomic E-state index is 9.16. The van der Waals surface area contributed by atoms with Gasteiger partial charge in [-0.3, -0.25) is 0 Å². The summed E-state index contributed by atoms with van der Waals surface area (Å²) >= 11 is 0. The third kappa shape index (κ3) is 7.77. The van der Waals surface area contributed by atoms with Gasteiger partial charge in [0.2, 0.25) is 0 Å².